The molecule has 0 bridgehead atoms. The number of benzene rings is 5. The summed E-state index contributed by atoms with van der Waals surface area (Å²) in [4.78, 5) is 11.7. The van der Waals surface area contributed by atoms with Crippen LogP contribution in [0.5, 0.6) is 5.75 Å². The molecular weight excluding hydrogens is 484 g/mol. The van der Waals surface area contributed by atoms with Crippen LogP contribution in [0.4, 0.5) is 5.69 Å². The fourth-order valence-electron chi connectivity index (χ4n) is 4.48. The highest BCUT2D eigenvalue weighted by molar-refractivity contribution is 5.93. The molecule has 0 spiro atoms. The predicted molar refractivity (Wildman–Crippen MR) is 158 cm³/mol. The van der Waals surface area contributed by atoms with Crippen LogP contribution in [-0.2, 0) is 0 Å². The highest BCUT2D eigenvalue weighted by Gasteiger charge is 2.06. The molecule has 3 N–H and O–H groups in total. The van der Waals surface area contributed by atoms with Crippen molar-refractivity contribution in [3.63, 3.8) is 0 Å². The van der Waals surface area contributed by atoms with E-state index in [0.29, 0.717) is 18.7 Å². The summed E-state index contributed by atoms with van der Waals surface area (Å²) in [7, 11) is 0. The van der Waals surface area contributed by atoms with Gasteiger partial charge in [0.1, 0.15) is 5.75 Å². The van der Waals surface area contributed by atoms with Crippen molar-refractivity contribution in [2.24, 2.45) is 0 Å². The van der Waals surface area contributed by atoms with E-state index in [0.717, 1.165) is 39.8 Å². The molecule has 0 radical (unpaired) electrons. The maximum absolute atomic E-state index is 11.7. The Morgan fingerprint density at radius 1 is 0.744 bits per heavy atom. The van der Waals surface area contributed by atoms with Crippen LogP contribution in [0.25, 0.3) is 28.0 Å². The smallest absolute Gasteiger partial charge is 0.274 e. The van der Waals surface area contributed by atoms with Crippen LogP contribution < -0.4 is 15.5 Å². The van der Waals surface area contributed by atoms with Gasteiger partial charge in [-0.05, 0) is 58.0 Å². The Hall–Kier alpha value is -4.87. The number of carbonyl (C=O) groups is 1. The van der Waals surface area contributed by atoms with Gasteiger partial charge in [0.15, 0.2) is 0 Å². The lowest BCUT2D eigenvalue weighted by Crippen LogP contribution is -2.18. The van der Waals surface area contributed by atoms with Crippen molar-refractivity contribution in [2.75, 3.05) is 18.5 Å². The van der Waals surface area contributed by atoms with Crippen molar-refractivity contribution in [2.45, 2.75) is 6.42 Å². The minimum atomic E-state index is -0.533. The number of hydroxylamine groups is 1. The first-order chi connectivity index (χ1) is 19.2. The lowest BCUT2D eigenvalue weighted by molar-refractivity contribution is 0.0706. The first-order valence-corrected chi connectivity index (χ1v) is 12.9. The molecular formula is C34H30N2O3. The van der Waals surface area contributed by atoms with Gasteiger partial charge in [-0.3, -0.25) is 10.0 Å². The van der Waals surface area contributed by atoms with Crippen LogP contribution in [-0.4, -0.2) is 24.3 Å². The second-order valence-corrected chi connectivity index (χ2v) is 9.24. The van der Waals surface area contributed by atoms with Gasteiger partial charge >= 0.3 is 0 Å². The third kappa shape index (κ3) is 6.72. The van der Waals surface area contributed by atoms with E-state index in [1.165, 1.54) is 11.1 Å². The van der Waals surface area contributed by atoms with E-state index in [-0.39, 0.29) is 0 Å². The van der Waals surface area contributed by atoms with Crippen molar-refractivity contribution in [3.05, 3.63) is 138 Å². The predicted octanol–water partition coefficient (Wildman–Crippen LogP) is 7.59. The summed E-state index contributed by atoms with van der Waals surface area (Å²) in [5.41, 5.74) is 7.58. The Kier molecular flexibility index (Phi) is 8.31. The van der Waals surface area contributed by atoms with Crippen LogP contribution in [0.1, 0.15) is 22.3 Å². The van der Waals surface area contributed by atoms with Gasteiger partial charge in [0.05, 0.1) is 6.61 Å². The second-order valence-electron chi connectivity index (χ2n) is 9.24. The first kappa shape index (κ1) is 25.8. The minimum absolute atomic E-state index is 0.395. The monoisotopic (exact) mass is 514 g/mol. The molecule has 0 aliphatic heterocycles. The number of carbonyl (C=O) groups excluding carboxylic acids is 1. The molecule has 5 rings (SSSR count). The summed E-state index contributed by atoms with van der Waals surface area (Å²) in [6, 6.07) is 40.2. The Bertz CT molecular complexity index is 1560. The number of fused-ring (bicyclic) bond motifs is 1. The van der Waals surface area contributed by atoms with Gasteiger partial charge in [-0.2, -0.15) is 0 Å². The van der Waals surface area contributed by atoms with Gasteiger partial charge in [-0.1, -0.05) is 97.1 Å². The molecule has 0 heterocycles. The maximum Gasteiger partial charge on any atom is 0.274 e. The van der Waals surface area contributed by atoms with E-state index in [2.05, 4.69) is 66.0 Å². The largest absolute Gasteiger partial charge is 0.493 e. The fourth-order valence-corrected chi connectivity index (χ4v) is 4.48. The van der Waals surface area contributed by atoms with Crippen molar-refractivity contribution >= 4 is 28.4 Å². The van der Waals surface area contributed by atoms with Gasteiger partial charge in [0, 0.05) is 29.6 Å². The van der Waals surface area contributed by atoms with Crippen LogP contribution in [0, 0.1) is 0 Å². The van der Waals surface area contributed by atoms with Crippen LogP contribution >= 0.6 is 0 Å². The summed E-state index contributed by atoms with van der Waals surface area (Å²) in [6.07, 6.45) is 2.83. The van der Waals surface area contributed by atoms with Gasteiger partial charge in [0.25, 0.3) is 5.91 Å². The molecule has 5 aromatic carbocycles. The molecule has 1 amide bonds. The average molecular weight is 515 g/mol. The zero-order valence-electron chi connectivity index (χ0n) is 21.5. The zero-order chi connectivity index (χ0) is 26.9. The molecule has 194 valence electrons. The zero-order valence-corrected chi connectivity index (χ0v) is 21.5. The van der Waals surface area contributed by atoms with Crippen LogP contribution in [0.2, 0.25) is 0 Å². The molecule has 0 saturated heterocycles. The summed E-state index contributed by atoms with van der Waals surface area (Å²) < 4.78 is 6.22. The number of ether oxygens (including phenoxy) is 1. The quantitative estimate of drug-likeness (QED) is 0.133. The van der Waals surface area contributed by atoms with Crippen molar-refractivity contribution in [1.29, 1.82) is 0 Å². The summed E-state index contributed by atoms with van der Waals surface area (Å²) >= 11 is 0. The molecule has 39 heavy (non-hydrogen) atoms. The molecule has 0 saturated carbocycles. The number of hydrogen-bond acceptors (Lipinski definition) is 4. The molecule has 5 nitrogen and oxygen atoms in total. The number of anilines is 1. The Morgan fingerprint density at radius 3 is 2.21 bits per heavy atom. The van der Waals surface area contributed by atoms with Crippen LogP contribution in [0.15, 0.2) is 127 Å². The fraction of sp³-hybridized carbons (Fsp3) is 0.0882. The number of hydrogen-bond donors (Lipinski definition) is 3. The van der Waals surface area contributed by atoms with Crippen LogP contribution in [0.3, 0.4) is 0 Å². The van der Waals surface area contributed by atoms with Gasteiger partial charge in [-0.25, -0.2) is 5.48 Å². The maximum atomic E-state index is 11.7. The SMILES string of the molecule is O=C(NO)c1ccc(C=C(CCOc2cccc3ccccc23)CNc2ccc(-c3ccccc3)cc2)cc1. The van der Waals surface area contributed by atoms with Gasteiger partial charge < -0.3 is 10.1 Å². The number of nitrogens with one attached hydrogen (secondary N) is 2. The number of rotatable bonds is 10. The van der Waals surface area contributed by atoms with Crippen molar-refractivity contribution < 1.29 is 14.7 Å². The van der Waals surface area contributed by atoms with E-state index in [9.17, 15) is 4.79 Å². The van der Waals surface area contributed by atoms with Gasteiger partial charge in [-0.15, -0.1) is 0 Å². The standard InChI is InChI=1S/C34H30N2O3/c37-34(36-38)30-15-13-25(14-16-30)23-26(21-22-39-33-12-6-10-29-9-4-5-11-32(29)33)24-35-31-19-17-28(18-20-31)27-7-2-1-3-8-27/h1-20,23,35,38H,21-22,24H2,(H,36,37). The topological polar surface area (TPSA) is 70.6 Å². The molecule has 5 aromatic rings. The average Bonchev–Trinajstić information content (AvgIpc) is 3.00. The molecule has 5 heteroatoms. The summed E-state index contributed by atoms with van der Waals surface area (Å²) in [5, 5.41) is 14.7. The third-order valence-electron chi connectivity index (χ3n) is 6.59. The third-order valence-corrected chi connectivity index (χ3v) is 6.59. The normalized spacial score (nSPS) is 11.3. The van der Waals surface area contributed by atoms with Crippen molar-refractivity contribution in [3.8, 4) is 16.9 Å². The van der Waals surface area contributed by atoms with E-state index in [1.807, 2.05) is 54.6 Å². The van der Waals surface area contributed by atoms with Gasteiger partial charge in [0.2, 0.25) is 0 Å². The molecule has 0 aliphatic carbocycles. The highest BCUT2D eigenvalue weighted by Crippen LogP contribution is 2.26. The first-order valence-electron chi connectivity index (χ1n) is 12.9. The van der Waals surface area contributed by atoms with E-state index in [4.69, 9.17) is 9.94 Å². The molecule has 0 fully saturated rings. The summed E-state index contributed by atoms with van der Waals surface area (Å²) in [6.45, 7) is 1.17. The molecule has 0 aromatic heterocycles. The van der Waals surface area contributed by atoms with Crippen molar-refractivity contribution in [1.82, 2.24) is 5.48 Å². The highest BCUT2D eigenvalue weighted by atomic mass is 16.5. The van der Waals surface area contributed by atoms with E-state index < -0.39 is 5.91 Å². The lowest BCUT2D eigenvalue weighted by atomic mass is 10.0. The molecule has 0 unspecified atom stereocenters. The molecule has 0 atom stereocenters. The lowest BCUT2D eigenvalue weighted by Gasteiger charge is -2.14. The number of amides is 1. The Morgan fingerprint density at radius 2 is 1.44 bits per heavy atom. The summed E-state index contributed by atoms with van der Waals surface area (Å²) in [5.74, 6) is 0.339. The molecule has 0 aliphatic rings. The minimum Gasteiger partial charge on any atom is -0.493 e. The second kappa shape index (κ2) is 12.6. The van der Waals surface area contributed by atoms with E-state index >= 15 is 0 Å². The Labute approximate surface area is 228 Å². The van der Waals surface area contributed by atoms with E-state index in [1.54, 1.807) is 17.6 Å². The Balaban J connectivity index is 1.30.